The highest BCUT2D eigenvalue weighted by Crippen LogP contribution is 2.38. The highest BCUT2D eigenvalue weighted by Gasteiger charge is 2.35. The van der Waals surface area contributed by atoms with Gasteiger partial charge in [0.2, 0.25) is 0 Å². The van der Waals surface area contributed by atoms with Crippen LogP contribution in [0.3, 0.4) is 0 Å². The predicted octanol–water partition coefficient (Wildman–Crippen LogP) is 5.83. The fraction of sp³-hybridized carbons (Fsp3) is 0.219. The molecule has 0 unspecified atom stereocenters. The van der Waals surface area contributed by atoms with Gasteiger partial charge in [0.15, 0.2) is 16.3 Å². The number of carbonyl (C=O) groups is 1. The minimum Gasteiger partial charge on any atom is -0.493 e. The average molecular weight is 666 g/mol. The van der Waals surface area contributed by atoms with E-state index >= 15 is 0 Å². The molecule has 0 saturated carbocycles. The first kappa shape index (κ1) is 29.9. The van der Waals surface area contributed by atoms with Crippen LogP contribution in [0.4, 0.5) is 0 Å². The molecule has 1 aliphatic rings. The number of methoxy groups -OCH3 is 1. The maximum absolute atomic E-state index is 14.1. The Bertz CT molecular complexity index is 1830. The van der Waals surface area contributed by atoms with Crippen molar-refractivity contribution in [1.82, 2.24) is 4.57 Å². The maximum Gasteiger partial charge on any atom is 0.338 e. The summed E-state index contributed by atoms with van der Waals surface area (Å²) in [7, 11) is 1.58. The van der Waals surface area contributed by atoms with Gasteiger partial charge >= 0.3 is 5.97 Å². The van der Waals surface area contributed by atoms with Gasteiger partial charge in [-0.1, -0.05) is 53.8 Å². The summed E-state index contributed by atoms with van der Waals surface area (Å²) in [5.74, 6) is 0.639. The second-order valence-electron chi connectivity index (χ2n) is 9.17. The molecule has 4 aromatic rings. The molecule has 0 bridgehead atoms. The van der Waals surface area contributed by atoms with Gasteiger partial charge in [-0.3, -0.25) is 9.36 Å². The number of carbonyl (C=O) groups excluding carboxylic acids is 1. The number of thioether (sulfide) groups is 1. The maximum atomic E-state index is 14.1. The molecule has 0 spiro atoms. The van der Waals surface area contributed by atoms with Gasteiger partial charge in [-0.05, 0) is 77.5 Å². The number of nitrogens with zero attached hydrogens (tertiary/aromatic N) is 2. The summed E-state index contributed by atoms with van der Waals surface area (Å²) >= 11 is 6.46. The van der Waals surface area contributed by atoms with Crippen molar-refractivity contribution in [3.63, 3.8) is 0 Å². The standard InChI is InChI=1S/C32H29BrN2O5S2/c1-5-39-29-23(33)16-19(17-24(29)38-3)18-25-30(36)35-28(21-12-14-22(41-4)15-13-21)26(31(37)40-6-2)27(34-32(35)42-25)20-10-8-7-9-11-20/h7-18,28H,5-6H2,1-4H3/b25-18-/t28-/m0/s1. The molecule has 5 rings (SSSR count). The molecule has 0 fully saturated rings. The summed E-state index contributed by atoms with van der Waals surface area (Å²) in [5.41, 5.74) is 2.87. The lowest BCUT2D eigenvalue weighted by atomic mass is 9.93. The Labute approximate surface area is 260 Å². The van der Waals surface area contributed by atoms with Crippen molar-refractivity contribution >= 4 is 56.8 Å². The van der Waals surface area contributed by atoms with E-state index in [4.69, 9.17) is 19.2 Å². The minimum atomic E-state index is -0.727. The molecule has 1 aromatic heterocycles. The largest absolute Gasteiger partial charge is 0.493 e. The van der Waals surface area contributed by atoms with E-state index in [2.05, 4.69) is 15.9 Å². The lowest BCUT2D eigenvalue weighted by Crippen LogP contribution is -2.40. The number of thiazole rings is 1. The summed E-state index contributed by atoms with van der Waals surface area (Å²) < 4.78 is 19.6. The highest BCUT2D eigenvalue weighted by atomic mass is 79.9. The normalized spacial score (nSPS) is 14.8. The topological polar surface area (TPSA) is 79.1 Å². The molecule has 7 nitrogen and oxygen atoms in total. The fourth-order valence-corrected chi connectivity index (χ4v) is 6.78. The molecule has 10 heteroatoms. The van der Waals surface area contributed by atoms with Crippen LogP contribution in [0.1, 0.15) is 36.6 Å². The Morgan fingerprint density at radius 2 is 1.83 bits per heavy atom. The first-order valence-corrected chi connectivity index (χ1v) is 16.2. The number of rotatable bonds is 9. The van der Waals surface area contributed by atoms with Gasteiger partial charge in [0, 0.05) is 10.5 Å². The molecule has 216 valence electrons. The number of hydrogen-bond donors (Lipinski definition) is 0. The number of fused-ring (bicyclic) bond motifs is 1. The zero-order valence-electron chi connectivity index (χ0n) is 23.5. The molecule has 0 amide bonds. The monoisotopic (exact) mass is 664 g/mol. The van der Waals surface area contributed by atoms with Gasteiger partial charge in [-0.25, -0.2) is 9.79 Å². The fourth-order valence-electron chi connectivity index (χ4n) is 4.80. The van der Waals surface area contributed by atoms with E-state index in [1.165, 1.54) is 11.3 Å². The lowest BCUT2D eigenvalue weighted by Gasteiger charge is -2.26. The van der Waals surface area contributed by atoms with Crippen LogP contribution < -0.4 is 24.4 Å². The molecule has 0 N–H and O–H groups in total. The first-order chi connectivity index (χ1) is 20.4. The molecule has 42 heavy (non-hydrogen) atoms. The Balaban J connectivity index is 1.78. The number of benzene rings is 3. The number of halogens is 1. The third-order valence-electron chi connectivity index (χ3n) is 6.64. The number of hydrogen-bond acceptors (Lipinski definition) is 8. The summed E-state index contributed by atoms with van der Waals surface area (Å²) in [5, 5.41) is 0. The Kier molecular flexibility index (Phi) is 9.35. The van der Waals surface area contributed by atoms with Crippen molar-refractivity contribution in [3.05, 3.63) is 113 Å². The quantitative estimate of drug-likeness (QED) is 0.166. The summed E-state index contributed by atoms with van der Waals surface area (Å²) in [6, 6.07) is 20.4. The molecule has 1 aliphatic heterocycles. The van der Waals surface area contributed by atoms with Gasteiger partial charge in [0.25, 0.3) is 5.56 Å². The van der Waals surface area contributed by atoms with Gasteiger partial charge < -0.3 is 14.2 Å². The summed E-state index contributed by atoms with van der Waals surface area (Å²) in [6.07, 6.45) is 3.81. The van der Waals surface area contributed by atoms with E-state index in [0.717, 1.165) is 21.6 Å². The van der Waals surface area contributed by atoms with Crippen LogP contribution in [-0.2, 0) is 9.53 Å². The van der Waals surface area contributed by atoms with Crippen molar-refractivity contribution in [2.24, 2.45) is 4.99 Å². The third kappa shape index (κ3) is 5.84. The molecule has 1 atom stereocenters. The smallest absolute Gasteiger partial charge is 0.338 e. The number of ether oxygens (including phenoxy) is 3. The van der Waals surface area contributed by atoms with Crippen molar-refractivity contribution in [3.8, 4) is 11.5 Å². The second-order valence-corrected chi connectivity index (χ2v) is 11.9. The lowest BCUT2D eigenvalue weighted by molar-refractivity contribution is -0.138. The van der Waals surface area contributed by atoms with Crippen LogP contribution in [0.15, 0.2) is 91.5 Å². The SMILES string of the molecule is CCOC(=O)C1=C(c2ccccc2)N=c2s/c(=C\c3cc(Br)c(OCC)c(OC)c3)c(=O)n2[C@H]1c1ccc(SC)cc1. The van der Waals surface area contributed by atoms with E-state index in [-0.39, 0.29) is 12.2 Å². The molecule has 3 aromatic carbocycles. The molecular formula is C32H29BrN2O5S2. The zero-order valence-corrected chi connectivity index (χ0v) is 26.8. The van der Waals surface area contributed by atoms with Crippen LogP contribution in [0.5, 0.6) is 11.5 Å². The van der Waals surface area contributed by atoms with Crippen molar-refractivity contribution in [2.75, 3.05) is 26.6 Å². The highest BCUT2D eigenvalue weighted by molar-refractivity contribution is 9.10. The van der Waals surface area contributed by atoms with E-state index in [1.807, 2.05) is 79.9 Å². The van der Waals surface area contributed by atoms with E-state index < -0.39 is 12.0 Å². The molecule has 0 saturated heterocycles. The second kappa shape index (κ2) is 13.1. The van der Waals surface area contributed by atoms with Crippen molar-refractivity contribution < 1.29 is 19.0 Å². The molecule has 2 heterocycles. The molecule has 0 aliphatic carbocycles. The minimum absolute atomic E-state index is 0.196. The Morgan fingerprint density at radius 1 is 1.10 bits per heavy atom. The van der Waals surface area contributed by atoms with Gasteiger partial charge in [-0.15, -0.1) is 11.8 Å². The predicted molar refractivity (Wildman–Crippen MR) is 171 cm³/mol. The van der Waals surface area contributed by atoms with E-state index in [1.54, 1.807) is 36.4 Å². The molecule has 0 radical (unpaired) electrons. The van der Waals surface area contributed by atoms with Crippen LogP contribution >= 0.6 is 39.0 Å². The summed E-state index contributed by atoms with van der Waals surface area (Å²) in [4.78, 5) is 34.2. The van der Waals surface area contributed by atoms with Crippen LogP contribution in [-0.4, -0.2) is 37.1 Å². The Hall–Kier alpha value is -3.60. The van der Waals surface area contributed by atoms with Gasteiger partial charge in [-0.2, -0.15) is 0 Å². The van der Waals surface area contributed by atoms with Crippen LogP contribution in [0.25, 0.3) is 11.8 Å². The van der Waals surface area contributed by atoms with E-state index in [9.17, 15) is 9.59 Å². The zero-order chi connectivity index (χ0) is 29.8. The van der Waals surface area contributed by atoms with Gasteiger partial charge in [0.1, 0.15) is 0 Å². The first-order valence-electron chi connectivity index (χ1n) is 13.3. The van der Waals surface area contributed by atoms with Crippen molar-refractivity contribution in [2.45, 2.75) is 24.8 Å². The van der Waals surface area contributed by atoms with Crippen LogP contribution in [0.2, 0.25) is 0 Å². The van der Waals surface area contributed by atoms with Crippen LogP contribution in [0, 0.1) is 0 Å². The van der Waals surface area contributed by atoms with E-state index in [0.29, 0.717) is 43.2 Å². The average Bonchev–Trinajstić information content (AvgIpc) is 3.32. The third-order valence-corrected chi connectivity index (χ3v) is 8.96. The Morgan fingerprint density at radius 3 is 2.48 bits per heavy atom. The van der Waals surface area contributed by atoms with Crippen molar-refractivity contribution in [1.29, 1.82) is 0 Å². The number of esters is 1. The number of aromatic nitrogens is 1. The molecular weight excluding hydrogens is 636 g/mol. The van der Waals surface area contributed by atoms with Gasteiger partial charge in [0.05, 0.1) is 46.6 Å². The summed E-state index contributed by atoms with van der Waals surface area (Å²) in [6.45, 7) is 4.35.